The highest BCUT2D eigenvalue weighted by Gasteiger charge is 2.38. The third-order valence-corrected chi connectivity index (χ3v) is 5.78. The van der Waals surface area contributed by atoms with Crippen molar-refractivity contribution in [2.75, 3.05) is 44.6 Å². The molecule has 0 amide bonds. The van der Waals surface area contributed by atoms with E-state index in [1.165, 1.54) is 5.56 Å². The molecule has 1 aliphatic heterocycles. The van der Waals surface area contributed by atoms with Crippen molar-refractivity contribution >= 4 is 11.5 Å². The molecule has 10 heteroatoms. The number of aromatic nitrogens is 4. The Kier molecular flexibility index (Phi) is 6.10. The molecule has 0 aliphatic carbocycles. The van der Waals surface area contributed by atoms with Crippen molar-refractivity contribution in [3.05, 3.63) is 52.8 Å². The highest BCUT2D eigenvalue weighted by molar-refractivity contribution is 5.58. The minimum Gasteiger partial charge on any atom is -0.367 e. The summed E-state index contributed by atoms with van der Waals surface area (Å²) in [7, 11) is 0. The monoisotopic (exact) mass is 433 g/mol. The maximum Gasteiger partial charge on any atom is 0.453 e. The lowest BCUT2D eigenvalue weighted by atomic mass is 10.2. The van der Waals surface area contributed by atoms with Crippen LogP contribution in [0, 0.1) is 13.8 Å². The number of nitrogens with zero attached hydrogens (tertiary/aromatic N) is 6. The zero-order chi connectivity index (χ0) is 22.0. The SMILES string of the molecule is Cc1c(NCCN2CCN(Cc3ccccc3)CC2)nn2c(C(F)(F)F)nnc2c1C. The second-order valence-corrected chi connectivity index (χ2v) is 7.89. The summed E-state index contributed by atoms with van der Waals surface area (Å²) in [4.78, 5) is 4.79. The standard InChI is InChI=1S/C21H26F3N7/c1-15-16(2)19-26-27-20(21(22,23)24)31(19)28-18(15)25-8-9-29-10-12-30(13-11-29)14-17-6-4-3-5-7-17/h3-7H,8-14H2,1-2H3,(H,25,28). The zero-order valence-corrected chi connectivity index (χ0v) is 17.7. The zero-order valence-electron chi connectivity index (χ0n) is 17.7. The van der Waals surface area contributed by atoms with Crippen LogP contribution in [-0.2, 0) is 12.7 Å². The van der Waals surface area contributed by atoms with Gasteiger partial charge < -0.3 is 5.32 Å². The summed E-state index contributed by atoms with van der Waals surface area (Å²) in [5.41, 5.74) is 2.86. The number of piperazine rings is 1. The fourth-order valence-electron chi connectivity index (χ4n) is 3.82. The molecule has 0 atom stereocenters. The minimum absolute atomic E-state index is 0.130. The molecule has 0 radical (unpaired) electrons. The summed E-state index contributed by atoms with van der Waals surface area (Å²) < 4.78 is 40.3. The summed E-state index contributed by atoms with van der Waals surface area (Å²) in [6, 6.07) is 10.4. The third-order valence-electron chi connectivity index (χ3n) is 5.78. The molecule has 3 aromatic rings. The summed E-state index contributed by atoms with van der Waals surface area (Å²) in [6.45, 7) is 9.82. The fraction of sp³-hybridized carbons (Fsp3) is 0.476. The maximum absolute atomic E-state index is 13.2. The quantitative estimate of drug-likeness (QED) is 0.645. The molecule has 1 fully saturated rings. The lowest BCUT2D eigenvalue weighted by molar-refractivity contribution is -0.146. The molecular weight excluding hydrogens is 407 g/mol. The first-order valence-electron chi connectivity index (χ1n) is 10.4. The van der Waals surface area contributed by atoms with Crippen LogP contribution in [0.4, 0.5) is 19.0 Å². The summed E-state index contributed by atoms with van der Waals surface area (Å²) in [6.07, 6.45) is -4.61. The van der Waals surface area contributed by atoms with E-state index in [1.54, 1.807) is 6.92 Å². The van der Waals surface area contributed by atoms with Gasteiger partial charge in [0.2, 0.25) is 0 Å². The smallest absolute Gasteiger partial charge is 0.367 e. The van der Waals surface area contributed by atoms with Crippen molar-refractivity contribution in [2.45, 2.75) is 26.6 Å². The Morgan fingerprint density at radius 2 is 1.61 bits per heavy atom. The normalized spacial score (nSPS) is 16.2. The molecule has 0 saturated carbocycles. The van der Waals surface area contributed by atoms with E-state index in [4.69, 9.17) is 0 Å². The number of fused-ring (bicyclic) bond motifs is 1. The van der Waals surface area contributed by atoms with Gasteiger partial charge in [0.05, 0.1) is 0 Å². The first-order chi connectivity index (χ1) is 14.8. The Balaban J connectivity index is 1.33. The second kappa shape index (κ2) is 8.80. The van der Waals surface area contributed by atoms with Crippen LogP contribution in [0.15, 0.2) is 30.3 Å². The van der Waals surface area contributed by atoms with Gasteiger partial charge in [0.1, 0.15) is 5.82 Å². The number of halogens is 3. The van der Waals surface area contributed by atoms with Gasteiger partial charge in [-0.3, -0.25) is 9.80 Å². The van der Waals surface area contributed by atoms with Gasteiger partial charge in [0, 0.05) is 51.4 Å². The van der Waals surface area contributed by atoms with Crippen LogP contribution >= 0.6 is 0 Å². The largest absolute Gasteiger partial charge is 0.453 e. The molecule has 4 rings (SSSR count). The van der Waals surface area contributed by atoms with Crippen molar-refractivity contribution in [1.82, 2.24) is 29.6 Å². The minimum atomic E-state index is -4.61. The molecule has 0 unspecified atom stereocenters. The van der Waals surface area contributed by atoms with E-state index in [0.717, 1.165) is 49.3 Å². The highest BCUT2D eigenvalue weighted by atomic mass is 19.4. The van der Waals surface area contributed by atoms with Crippen molar-refractivity contribution in [3.8, 4) is 0 Å². The van der Waals surface area contributed by atoms with Crippen LogP contribution < -0.4 is 5.32 Å². The van der Waals surface area contributed by atoms with E-state index >= 15 is 0 Å². The molecule has 1 saturated heterocycles. The van der Waals surface area contributed by atoms with Crippen molar-refractivity contribution < 1.29 is 13.2 Å². The molecule has 1 aromatic carbocycles. The number of benzene rings is 1. The Morgan fingerprint density at radius 1 is 0.935 bits per heavy atom. The van der Waals surface area contributed by atoms with E-state index in [-0.39, 0.29) is 5.65 Å². The highest BCUT2D eigenvalue weighted by Crippen LogP contribution is 2.29. The summed E-state index contributed by atoms with van der Waals surface area (Å²) in [5.74, 6) is -0.679. The van der Waals surface area contributed by atoms with E-state index < -0.39 is 12.0 Å². The van der Waals surface area contributed by atoms with Gasteiger partial charge in [-0.1, -0.05) is 30.3 Å². The molecule has 0 bridgehead atoms. The van der Waals surface area contributed by atoms with Gasteiger partial charge in [0.15, 0.2) is 5.65 Å². The van der Waals surface area contributed by atoms with Gasteiger partial charge >= 0.3 is 6.18 Å². The Hall–Kier alpha value is -2.72. The first-order valence-corrected chi connectivity index (χ1v) is 10.4. The molecule has 31 heavy (non-hydrogen) atoms. The lowest BCUT2D eigenvalue weighted by Gasteiger charge is -2.34. The number of alkyl halides is 3. The first kappa shape index (κ1) is 21.5. The van der Waals surface area contributed by atoms with Gasteiger partial charge in [-0.05, 0) is 25.0 Å². The van der Waals surface area contributed by atoms with Crippen molar-refractivity contribution in [1.29, 1.82) is 0 Å². The number of anilines is 1. The third kappa shape index (κ3) is 4.80. The fourth-order valence-corrected chi connectivity index (χ4v) is 3.82. The number of rotatable bonds is 6. The van der Waals surface area contributed by atoms with Gasteiger partial charge in [0.25, 0.3) is 5.82 Å². The molecule has 0 spiro atoms. The molecular formula is C21H26F3N7. The number of hydrogen-bond acceptors (Lipinski definition) is 6. The topological polar surface area (TPSA) is 61.6 Å². The lowest BCUT2D eigenvalue weighted by Crippen LogP contribution is -2.47. The average molecular weight is 433 g/mol. The number of nitrogens with one attached hydrogen (secondary N) is 1. The maximum atomic E-state index is 13.2. The molecule has 1 aliphatic rings. The van der Waals surface area contributed by atoms with E-state index in [1.807, 2.05) is 13.0 Å². The molecule has 2 aromatic heterocycles. The van der Waals surface area contributed by atoms with Crippen LogP contribution in [0.1, 0.15) is 22.5 Å². The number of aryl methyl sites for hydroxylation is 1. The van der Waals surface area contributed by atoms with Crippen LogP contribution in [0.25, 0.3) is 5.65 Å². The Labute approximate surface area is 178 Å². The van der Waals surface area contributed by atoms with Crippen LogP contribution in [0.5, 0.6) is 0 Å². The van der Waals surface area contributed by atoms with Crippen LogP contribution in [-0.4, -0.2) is 68.9 Å². The molecule has 3 heterocycles. The van der Waals surface area contributed by atoms with Crippen LogP contribution in [0.3, 0.4) is 0 Å². The predicted molar refractivity (Wildman–Crippen MR) is 112 cm³/mol. The van der Waals surface area contributed by atoms with Crippen molar-refractivity contribution in [2.24, 2.45) is 0 Å². The van der Waals surface area contributed by atoms with Crippen LogP contribution in [0.2, 0.25) is 0 Å². The average Bonchev–Trinajstić information content (AvgIpc) is 3.18. The van der Waals surface area contributed by atoms with Gasteiger partial charge in [-0.15, -0.1) is 15.3 Å². The van der Waals surface area contributed by atoms with Crippen molar-refractivity contribution in [3.63, 3.8) is 0 Å². The Bertz CT molecular complexity index is 1020. The summed E-state index contributed by atoms with van der Waals surface area (Å²) >= 11 is 0. The van der Waals surface area contributed by atoms with E-state index in [0.29, 0.717) is 17.9 Å². The van der Waals surface area contributed by atoms with E-state index in [9.17, 15) is 13.2 Å². The molecule has 1 N–H and O–H groups in total. The second-order valence-electron chi connectivity index (χ2n) is 7.89. The predicted octanol–water partition coefficient (Wildman–Crippen LogP) is 2.99. The van der Waals surface area contributed by atoms with Gasteiger partial charge in [-0.25, -0.2) is 0 Å². The Morgan fingerprint density at radius 3 is 2.29 bits per heavy atom. The van der Waals surface area contributed by atoms with Gasteiger partial charge in [-0.2, -0.15) is 17.7 Å². The van der Waals surface area contributed by atoms with E-state index in [2.05, 4.69) is 54.7 Å². The summed E-state index contributed by atoms with van der Waals surface area (Å²) in [5, 5.41) is 14.3. The number of hydrogen-bond donors (Lipinski definition) is 1. The molecule has 7 nitrogen and oxygen atoms in total. The molecule has 166 valence electrons.